The maximum atomic E-state index is 3.65. The van der Waals surface area contributed by atoms with Gasteiger partial charge in [-0.15, -0.1) is 0 Å². The Bertz CT molecular complexity index is 166. The third-order valence-corrected chi connectivity index (χ3v) is 3.91. The summed E-state index contributed by atoms with van der Waals surface area (Å²) in [6, 6.07) is 0. The van der Waals surface area contributed by atoms with Gasteiger partial charge in [-0.1, -0.05) is 13.3 Å². The predicted molar refractivity (Wildman–Crippen MR) is 60.4 cm³/mol. The lowest BCUT2D eigenvalue weighted by atomic mass is 9.85. The number of nitrogens with one attached hydrogen (secondary N) is 1. The van der Waals surface area contributed by atoms with Crippen LogP contribution in [0.15, 0.2) is 0 Å². The summed E-state index contributed by atoms with van der Waals surface area (Å²) in [5, 5.41) is 3.65. The fraction of sp³-hybridized carbons (Fsp3) is 1.00. The van der Waals surface area contributed by atoms with Crippen molar-refractivity contribution in [2.75, 3.05) is 32.7 Å². The van der Waals surface area contributed by atoms with Crippen LogP contribution in [0.2, 0.25) is 0 Å². The van der Waals surface area contributed by atoms with E-state index in [1.165, 1.54) is 58.4 Å². The van der Waals surface area contributed by atoms with Gasteiger partial charge in [0.1, 0.15) is 0 Å². The van der Waals surface area contributed by atoms with Gasteiger partial charge in [0.05, 0.1) is 0 Å². The van der Waals surface area contributed by atoms with Crippen molar-refractivity contribution in [1.29, 1.82) is 0 Å². The summed E-state index contributed by atoms with van der Waals surface area (Å²) < 4.78 is 0. The molecule has 0 spiro atoms. The highest BCUT2D eigenvalue weighted by molar-refractivity contribution is 4.78. The molecular formula is C12H24N2. The lowest BCUT2D eigenvalue weighted by Gasteiger charge is -2.26. The van der Waals surface area contributed by atoms with Crippen molar-refractivity contribution in [3.8, 4) is 0 Å². The molecule has 0 radical (unpaired) electrons. The molecule has 14 heavy (non-hydrogen) atoms. The Morgan fingerprint density at radius 3 is 2.50 bits per heavy atom. The summed E-state index contributed by atoms with van der Waals surface area (Å²) in [7, 11) is 0. The zero-order chi connectivity index (χ0) is 9.80. The lowest BCUT2D eigenvalue weighted by molar-refractivity contribution is 0.290. The molecule has 2 nitrogen and oxygen atoms in total. The first-order valence-corrected chi connectivity index (χ1v) is 6.31. The molecule has 0 amide bonds. The van der Waals surface area contributed by atoms with Crippen LogP contribution in [0.3, 0.4) is 0 Å². The van der Waals surface area contributed by atoms with Gasteiger partial charge in [0, 0.05) is 6.54 Å². The van der Waals surface area contributed by atoms with Crippen LogP contribution in [0.1, 0.15) is 32.6 Å². The van der Waals surface area contributed by atoms with Crippen LogP contribution in [0.4, 0.5) is 0 Å². The van der Waals surface area contributed by atoms with Crippen LogP contribution >= 0.6 is 0 Å². The summed E-state index contributed by atoms with van der Waals surface area (Å²) in [4.78, 5) is 2.57. The smallest absolute Gasteiger partial charge is 0.00222 e. The van der Waals surface area contributed by atoms with Crippen molar-refractivity contribution < 1.29 is 0 Å². The van der Waals surface area contributed by atoms with E-state index in [0.717, 1.165) is 11.8 Å². The third kappa shape index (κ3) is 2.71. The molecule has 1 unspecified atom stereocenters. The van der Waals surface area contributed by atoms with Crippen LogP contribution < -0.4 is 5.32 Å². The fourth-order valence-corrected chi connectivity index (χ4v) is 2.56. The average molecular weight is 196 g/mol. The predicted octanol–water partition coefficient (Wildman–Crippen LogP) is 1.72. The Balaban J connectivity index is 1.53. The topological polar surface area (TPSA) is 15.3 Å². The molecule has 82 valence electrons. The second kappa shape index (κ2) is 5.13. The van der Waals surface area contributed by atoms with Gasteiger partial charge in [-0.3, -0.25) is 0 Å². The number of rotatable bonds is 5. The Morgan fingerprint density at radius 1 is 1.14 bits per heavy atom. The average Bonchev–Trinajstić information content (AvgIpc) is 2.57. The van der Waals surface area contributed by atoms with Crippen molar-refractivity contribution >= 4 is 0 Å². The summed E-state index contributed by atoms with van der Waals surface area (Å²) in [6.07, 6.45) is 5.82. The largest absolute Gasteiger partial charge is 0.316 e. The number of hydrogen-bond acceptors (Lipinski definition) is 2. The molecular weight excluding hydrogens is 172 g/mol. The molecule has 1 saturated heterocycles. The van der Waals surface area contributed by atoms with Crippen molar-refractivity contribution in [2.24, 2.45) is 11.8 Å². The van der Waals surface area contributed by atoms with Gasteiger partial charge < -0.3 is 10.2 Å². The minimum Gasteiger partial charge on any atom is -0.316 e. The zero-order valence-corrected chi connectivity index (χ0v) is 9.47. The SMILES string of the molecule is CCN1CCC(CNCC2CCC2)C1. The molecule has 0 aromatic rings. The van der Waals surface area contributed by atoms with Gasteiger partial charge in [0.15, 0.2) is 0 Å². The van der Waals surface area contributed by atoms with E-state index in [2.05, 4.69) is 17.1 Å². The molecule has 1 heterocycles. The lowest BCUT2D eigenvalue weighted by Crippen LogP contribution is -2.32. The Labute approximate surface area is 88.1 Å². The van der Waals surface area contributed by atoms with E-state index in [0.29, 0.717) is 0 Å². The van der Waals surface area contributed by atoms with E-state index in [4.69, 9.17) is 0 Å². The zero-order valence-electron chi connectivity index (χ0n) is 9.47. The number of nitrogens with zero attached hydrogens (tertiary/aromatic N) is 1. The quantitative estimate of drug-likeness (QED) is 0.720. The maximum absolute atomic E-state index is 3.65. The first-order chi connectivity index (χ1) is 6.88. The molecule has 0 aromatic carbocycles. The van der Waals surface area contributed by atoms with Crippen LogP contribution in [-0.4, -0.2) is 37.6 Å². The molecule has 0 aromatic heterocycles. The van der Waals surface area contributed by atoms with E-state index in [1.807, 2.05) is 0 Å². The second-order valence-electron chi connectivity index (χ2n) is 5.00. The monoisotopic (exact) mass is 196 g/mol. The molecule has 2 heteroatoms. The van der Waals surface area contributed by atoms with Gasteiger partial charge in [0.2, 0.25) is 0 Å². The van der Waals surface area contributed by atoms with Gasteiger partial charge in [-0.25, -0.2) is 0 Å². The van der Waals surface area contributed by atoms with E-state index >= 15 is 0 Å². The fourth-order valence-electron chi connectivity index (χ4n) is 2.56. The molecule has 1 aliphatic carbocycles. The van der Waals surface area contributed by atoms with Crippen molar-refractivity contribution in [3.63, 3.8) is 0 Å². The first-order valence-electron chi connectivity index (χ1n) is 6.31. The second-order valence-corrected chi connectivity index (χ2v) is 5.00. The van der Waals surface area contributed by atoms with Gasteiger partial charge in [-0.05, 0) is 57.3 Å². The molecule has 1 N–H and O–H groups in total. The van der Waals surface area contributed by atoms with Crippen LogP contribution in [-0.2, 0) is 0 Å². The Hall–Kier alpha value is -0.0800. The standard InChI is InChI=1S/C12H24N2/c1-2-14-7-6-12(10-14)9-13-8-11-4-3-5-11/h11-13H,2-10H2,1H3. The molecule has 0 bridgehead atoms. The molecule has 2 rings (SSSR count). The summed E-state index contributed by atoms with van der Waals surface area (Å²) in [5.41, 5.74) is 0. The van der Waals surface area contributed by atoms with Gasteiger partial charge in [-0.2, -0.15) is 0 Å². The summed E-state index contributed by atoms with van der Waals surface area (Å²) in [5.74, 6) is 1.94. The minimum absolute atomic E-state index is 0.926. The van der Waals surface area contributed by atoms with Gasteiger partial charge in [0.25, 0.3) is 0 Å². The highest BCUT2D eigenvalue weighted by Crippen LogP contribution is 2.25. The maximum Gasteiger partial charge on any atom is 0.00222 e. The molecule has 1 aliphatic heterocycles. The molecule has 2 fully saturated rings. The van der Waals surface area contributed by atoms with Crippen LogP contribution in [0.25, 0.3) is 0 Å². The van der Waals surface area contributed by atoms with E-state index in [1.54, 1.807) is 0 Å². The summed E-state index contributed by atoms with van der Waals surface area (Å²) >= 11 is 0. The normalized spacial score (nSPS) is 29.4. The number of hydrogen-bond donors (Lipinski definition) is 1. The third-order valence-electron chi connectivity index (χ3n) is 3.91. The van der Waals surface area contributed by atoms with E-state index < -0.39 is 0 Å². The van der Waals surface area contributed by atoms with Crippen molar-refractivity contribution in [1.82, 2.24) is 10.2 Å². The molecule has 1 saturated carbocycles. The highest BCUT2D eigenvalue weighted by atomic mass is 15.1. The Kier molecular flexibility index (Phi) is 3.82. The van der Waals surface area contributed by atoms with Crippen LogP contribution in [0, 0.1) is 11.8 Å². The van der Waals surface area contributed by atoms with Crippen LogP contribution in [0.5, 0.6) is 0 Å². The first kappa shape index (κ1) is 10.4. The Morgan fingerprint density at radius 2 is 1.93 bits per heavy atom. The molecule has 1 atom stereocenters. The highest BCUT2D eigenvalue weighted by Gasteiger charge is 2.21. The van der Waals surface area contributed by atoms with Gasteiger partial charge >= 0.3 is 0 Å². The summed E-state index contributed by atoms with van der Waals surface area (Å²) in [6.45, 7) is 8.69. The minimum atomic E-state index is 0.926. The van der Waals surface area contributed by atoms with E-state index in [9.17, 15) is 0 Å². The van der Waals surface area contributed by atoms with Crippen molar-refractivity contribution in [2.45, 2.75) is 32.6 Å². The number of likely N-dealkylation sites (tertiary alicyclic amines) is 1. The molecule has 2 aliphatic rings. The van der Waals surface area contributed by atoms with E-state index in [-0.39, 0.29) is 0 Å². The van der Waals surface area contributed by atoms with Crippen molar-refractivity contribution in [3.05, 3.63) is 0 Å².